The van der Waals surface area contributed by atoms with Gasteiger partial charge in [-0.15, -0.1) is 0 Å². The standard InChI is InChI=1S/C18H22O2/c1-4-12-9-16(18(20)17(19)10-12)15-8-7-13(5-2)14(6-3)11-15/h7-11,19-20H,4-6H2,1-3H3. The van der Waals surface area contributed by atoms with Crippen molar-refractivity contribution in [3.8, 4) is 22.6 Å². The summed E-state index contributed by atoms with van der Waals surface area (Å²) >= 11 is 0. The maximum Gasteiger partial charge on any atom is 0.165 e. The molecule has 0 aliphatic heterocycles. The predicted octanol–water partition coefficient (Wildman–Crippen LogP) is 4.45. The molecule has 0 bridgehead atoms. The summed E-state index contributed by atoms with van der Waals surface area (Å²) in [5.74, 6) is -0.0783. The monoisotopic (exact) mass is 270 g/mol. The van der Waals surface area contributed by atoms with Gasteiger partial charge in [-0.05, 0) is 53.6 Å². The van der Waals surface area contributed by atoms with E-state index in [0.717, 1.165) is 30.4 Å². The highest BCUT2D eigenvalue weighted by Crippen LogP contribution is 2.38. The summed E-state index contributed by atoms with van der Waals surface area (Å²) < 4.78 is 0. The minimum atomic E-state index is -0.0445. The molecule has 106 valence electrons. The molecule has 0 radical (unpaired) electrons. The van der Waals surface area contributed by atoms with Crippen LogP contribution < -0.4 is 0 Å². The molecule has 0 aliphatic carbocycles. The lowest BCUT2D eigenvalue weighted by atomic mass is 9.94. The van der Waals surface area contributed by atoms with Crippen LogP contribution in [-0.2, 0) is 19.3 Å². The molecule has 0 heterocycles. The number of phenolic OH excluding ortho intramolecular Hbond substituents is 2. The zero-order valence-corrected chi connectivity index (χ0v) is 12.4. The highest BCUT2D eigenvalue weighted by molar-refractivity contribution is 5.75. The molecule has 0 aliphatic rings. The molecule has 2 aromatic rings. The van der Waals surface area contributed by atoms with Crippen LogP contribution in [-0.4, -0.2) is 10.2 Å². The summed E-state index contributed by atoms with van der Waals surface area (Å²) in [6.45, 7) is 6.32. The van der Waals surface area contributed by atoms with Crippen LogP contribution in [0.2, 0.25) is 0 Å². The lowest BCUT2D eigenvalue weighted by Crippen LogP contribution is -1.93. The van der Waals surface area contributed by atoms with Gasteiger partial charge in [-0.2, -0.15) is 0 Å². The zero-order chi connectivity index (χ0) is 14.7. The first kappa shape index (κ1) is 14.4. The van der Waals surface area contributed by atoms with Crippen LogP contribution in [0.1, 0.15) is 37.5 Å². The van der Waals surface area contributed by atoms with E-state index in [0.29, 0.717) is 5.56 Å². The predicted molar refractivity (Wildman–Crippen MR) is 83.3 cm³/mol. The molecule has 0 saturated heterocycles. The molecule has 0 atom stereocenters. The quantitative estimate of drug-likeness (QED) is 0.806. The second-order valence-corrected chi connectivity index (χ2v) is 5.06. The Bertz CT molecular complexity index is 615. The van der Waals surface area contributed by atoms with E-state index in [1.54, 1.807) is 6.07 Å². The van der Waals surface area contributed by atoms with Gasteiger partial charge in [-0.1, -0.05) is 39.0 Å². The van der Waals surface area contributed by atoms with Crippen LogP contribution in [0.25, 0.3) is 11.1 Å². The number of phenols is 2. The van der Waals surface area contributed by atoms with Crippen molar-refractivity contribution in [3.63, 3.8) is 0 Å². The van der Waals surface area contributed by atoms with Crippen LogP contribution >= 0.6 is 0 Å². The molecular formula is C18H22O2. The Hall–Kier alpha value is -1.96. The fraction of sp³-hybridized carbons (Fsp3) is 0.333. The van der Waals surface area contributed by atoms with Crippen molar-refractivity contribution in [3.05, 3.63) is 47.0 Å². The normalized spacial score (nSPS) is 10.8. The van der Waals surface area contributed by atoms with Gasteiger partial charge in [0.15, 0.2) is 11.5 Å². The topological polar surface area (TPSA) is 40.5 Å². The van der Waals surface area contributed by atoms with Crippen LogP contribution in [0.3, 0.4) is 0 Å². The molecule has 2 N–H and O–H groups in total. The van der Waals surface area contributed by atoms with Crippen molar-refractivity contribution in [2.75, 3.05) is 0 Å². The van der Waals surface area contributed by atoms with Gasteiger partial charge in [0.25, 0.3) is 0 Å². The van der Waals surface area contributed by atoms with Gasteiger partial charge in [-0.3, -0.25) is 0 Å². The van der Waals surface area contributed by atoms with Crippen molar-refractivity contribution in [1.82, 2.24) is 0 Å². The van der Waals surface area contributed by atoms with E-state index >= 15 is 0 Å². The lowest BCUT2D eigenvalue weighted by Gasteiger charge is -2.12. The Labute approximate surface area is 120 Å². The molecule has 2 rings (SSSR count). The van der Waals surface area contributed by atoms with Crippen LogP contribution in [0.15, 0.2) is 30.3 Å². The van der Waals surface area contributed by atoms with E-state index in [1.807, 2.05) is 19.1 Å². The second-order valence-electron chi connectivity index (χ2n) is 5.06. The SMILES string of the molecule is CCc1cc(O)c(O)c(-c2ccc(CC)c(CC)c2)c1. The Balaban J connectivity index is 2.59. The maximum absolute atomic E-state index is 10.1. The van der Waals surface area contributed by atoms with E-state index in [1.165, 1.54) is 11.1 Å². The first-order valence-corrected chi connectivity index (χ1v) is 7.27. The number of hydrogen-bond donors (Lipinski definition) is 2. The number of aryl methyl sites for hydroxylation is 3. The summed E-state index contributed by atoms with van der Waals surface area (Å²) in [6, 6.07) is 9.83. The van der Waals surface area contributed by atoms with Gasteiger partial charge in [0, 0.05) is 5.56 Å². The largest absolute Gasteiger partial charge is 0.504 e. The number of aromatic hydroxyl groups is 2. The molecule has 0 unspecified atom stereocenters. The number of benzene rings is 2. The van der Waals surface area contributed by atoms with E-state index < -0.39 is 0 Å². The molecule has 2 heteroatoms. The molecule has 2 aromatic carbocycles. The van der Waals surface area contributed by atoms with E-state index in [-0.39, 0.29) is 11.5 Å². The lowest BCUT2D eigenvalue weighted by molar-refractivity contribution is 0.404. The average Bonchev–Trinajstić information content (AvgIpc) is 2.49. The molecule has 0 saturated carbocycles. The molecule has 0 fully saturated rings. The average molecular weight is 270 g/mol. The van der Waals surface area contributed by atoms with Gasteiger partial charge in [-0.25, -0.2) is 0 Å². The fourth-order valence-corrected chi connectivity index (χ4v) is 2.57. The maximum atomic E-state index is 10.1. The van der Waals surface area contributed by atoms with Gasteiger partial charge in [0.2, 0.25) is 0 Å². The van der Waals surface area contributed by atoms with Crippen molar-refractivity contribution in [1.29, 1.82) is 0 Å². The molecular weight excluding hydrogens is 248 g/mol. The minimum Gasteiger partial charge on any atom is -0.504 e. The molecule has 0 aromatic heterocycles. The smallest absolute Gasteiger partial charge is 0.165 e. The van der Waals surface area contributed by atoms with Gasteiger partial charge >= 0.3 is 0 Å². The van der Waals surface area contributed by atoms with Crippen LogP contribution in [0.4, 0.5) is 0 Å². The third-order valence-corrected chi connectivity index (χ3v) is 3.84. The Morgan fingerprint density at radius 2 is 1.50 bits per heavy atom. The van der Waals surface area contributed by atoms with E-state index in [9.17, 15) is 10.2 Å². The Morgan fingerprint density at radius 1 is 0.800 bits per heavy atom. The highest BCUT2D eigenvalue weighted by atomic mass is 16.3. The van der Waals surface area contributed by atoms with Gasteiger partial charge in [0.05, 0.1) is 0 Å². The third kappa shape index (κ3) is 2.64. The summed E-state index contributed by atoms with van der Waals surface area (Å²) in [5, 5.41) is 20.0. The van der Waals surface area contributed by atoms with E-state index in [2.05, 4.69) is 26.0 Å². The van der Waals surface area contributed by atoms with Crippen LogP contribution in [0, 0.1) is 0 Å². The molecule has 0 spiro atoms. The van der Waals surface area contributed by atoms with Crippen molar-refractivity contribution in [2.24, 2.45) is 0 Å². The first-order chi connectivity index (χ1) is 9.60. The van der Waals surface area contributed by atoms with Crippen molar-refractivity contribution < 1.29 is 10.2 Å². The number of hydrogen-bond acceptors (Lipinski definition) is 2. The van der Waals surface area contributed by atoms with Crippen molar-refractivity contribution >= 4 is 0 Å². The highest BCUT2D eigenvalue weighted by Gasteiger charge is 2.12. The fourth-order valence-electron chi connectivity index (χ4n) is 2.57. The Morgan fingerprint density at radius 3 is 2.10 bits per heavy atom. The Kier molecular flexibility index (Phi) is 4.33. The minimum absolute atomic E-state index is 0.0338. The summed E-state index contributed by atoms with van der Waals surface area (Å²) in [6.07, 6.45) is 2.81. The number of rotatable bonds is 4. The van der Waals surface area contributed by atoms with Gasteiger partial charge in [0.1, 0.15) is 0 Å². The van der Waals surface area contributed by atoms with Gasteiger partial charge < -0.3 is 10.2 Å². The summed E-state index contributed by atoms with van der Waals surface area (Å²) in [4.78, 5) is 0. The first-order valence-electron chi connectivity index (χ1n) is 7.27. The van der Waals surface area contributed by atoms with Crippen molar-refractivity contribution in [2.45, 2.75) is 40.0 Å². The zero-order valence-electron chi connectivity index (χ0n) is 12.4. The third-order valence-electron chi connectivity index (χ3n) is 3.84. The van der Waals surface area contributed by atoms with Crippen LogP contribution in [0.5, 0.6) is 11.5 Å². The molecule has 20 heavy (non-hydrogen) atoms. The molecule has 0 amide bonds. The summed E-state index contributed by atoms with van der Waals surface area (Å²) in [5.41, 5.74) is 5.33. The molecule has 2 nitrogen and oxygen atoms in total. The van der Waals surface area contributed by atoms with E-state index in [4.69, 9.17) is 0 Å². The second kappa shape index (κ2) is 6.00. The summed E-state index contributed by atoms with van der Waals surface area (Å²) in [7, 11) is 0.